The molecule has 0 aliphatic heterocycles. The largest absolute Gasteiger partial charge is 0.388 e. The third kappa shape index (κ3) is 2.94. The number of nitrogens with one attached hydrogen (secondary N) is 1. The standard InChI is InChI=1S/C15H15FN2/c1-11-3-7-14(8-4-11)18-10-12-5-6-13(16)9-15(12)17-2/h3-10,17H,1-2H3. The second-order valence-electron chi connectivity index (χ2n) is 4.08. The first-order valence-electron chi connectivity index (χ1n) is 5.77. The summed E-state index contributed by atoms with van der Waals surface area (Å²) in [6, 6.07) is 12.5. The van der Waals surface area contributed by atoms with Crippen molar-refractivity contribution in [3.63, 3.8) is 0 Å². The van der Waals surface area contributed by atoms with Crippen LogP contribution in [0.4, 0.5) is 15.8 Å². The third-order valence-electron chi connectivity index (χ3n) is 2.67. The summed E-state index contributed by atoms with van der Waals surface area (Å²) in [5, 5.41) is 2.95. The molecule has 0 aromatic heterocycles. The Kier molecular flexibility index (Phi) is 3.72. The van der Waals surface area contributed by atoms with Crippen LogP contribution in [0.15, 0.2) is 47.5 Å². The Labute approximate surface area is 106 Å². The third-order valence-corrected chi connectivity index (χ3v) is 2.67. The topological polar surface area (TPSA) is 24.4 Å². The minimum Gasteiger partial charge on any atom is -0.388 e. The number of rotatable bonds is 3. The monoisotopic (exact) mass is 242 g/mol. The highest BCUT2D eigenvalue weighted by molar-refractivity contribution is 5.89. The molecule has 0 spiro atoms. The zero-order chi connectivity index (χ0) is 13.0. The van der Waals surface area contributed by atoms with Gasteiger partial charge in [0.05, 0.1) is 5.69 Å². The maximum atomic E-state index is 13.1. The van der Waals surface area contributed by atoms with Crippen LogP contribution in [0, 0.1) is 12.7 Å². The summed E-state index contributed by atoms with van der Waals surface area (Å²) in [7, 11) is 1.76. The Morgan fingerprint density at radius 2 is 1.83 bits per heavy atom. The van der Waals surface area contributed by atoms with Gasteiger partial charge in [0, 0.05) is 24.5 Å². The molecule has 3 heteroatoms. The van der Waals surface area contributed by atoms with Crippen molar-refractivity contribution in [2.45, 2.75) is 6.92 Å². The predicted molar refractivity (Wildman–Crippen MR) is 74.4 cm³/mol. The second-order valence-corrected chi connectivity index (χ2v) is 4.08. The van der Waals surface area contributed by atoms with Crippen molar-refractivity contribution in [2.75, 3.05) is 12.4 Å². The molecule has 2 aromatic rings. The lowest BCUT2D eigenvalue weighted by Crippen LogP contribution is -1.95. The highest BCUT2D eigenvalue weighted by Crippen LogP contribution is 2.17. The van der Waals surface area contributed by atoms with Crippen LogP contribution in [-0.4, -0.2) is 13.3 Å². The normalized spacial score (nSPS) is 10.8. The van der Waals surface area contributed by atoms with Crippen molar-refractivity contribution in [2.24, 2.45) is 4.99 Å². The lowest BCUT2D eigenvalue weighted by atomic mass is 10.2. The van der Waals surface area contributed by atoms with Crippen LogP contribution in [0.25, 0.3) is 0 Å². The fraction of sp³-hybridized carbons (Fsp3) is 0.133. The van der Waals surface area contributed by atoms with Crippen LogP contribution < -0.4 is 5.32 Å². The number of hydrogen-bond acceptors (Lipinski definition) is 2. The minimum atomic E-state index is -0.258. The highest BCUT2D eigenvalue weighted by atomic mass is 19.1. The summed E-state index contributed by atoms with van der Waals surface area (Å²) in [5.41, 5.74) is 3.67. The van der Waals surface area contributed by atoms with E-state index in [0.717, 1.165) is 16.9 Å². The Bertz CT molecular complexity index is 559. The van der Waals surface area contributed by atoms with Gasteiger partial charge in [0.15, 0.2) is 0 Å². The average molecular weight is 242 g/mol. The Morgan fingerprint density at radius 1 is 1.11 bits per heavy atom. The quantitative estimate of drug-likeness (QED) is 0.810. The molecule has 0 saturated carbocycles. The van der Waals surface area contributed by atoms with Crippen molar-refractivity contribution >= 4 is 17.6 Å². The molecule has 0 aliphatic carbocycles. The Morgan fingerprint density at radius 3 is 2.50 bits per heavy atom. The highest BCUT2D eigenvalue weighted by Gasteiger charge is 1.99. The molecule has 0 fully saturated rings. The smallest absolute Gasteiger partial charge is 0.125 e. The molecular formula is C15H15FN2. The maximum absolute atomic E-state index is 13.1. The summed E-state index contributed by atoms with van der Waals surface area (Å²) in [6.07, 6.45) is 1.73. The molecule has 2 aromatic carbocycles. The van der Waals surface area contributed by atoms with Crippen molar-refractivity contribution in [3.8, 4) is 0 Å². The van der Waals surface area contributed by atoms with Crippen LogP contribution in [0.5, 0.6) is 0 Å². The summed E-state index contributed by atoms with van der Waals surface area (Å²) < 4.78 is 13.1. The number of anilines is 1. The van der Waals surface area contributed by atoms with E-state index in [-0.39, 0.29) is 5.82 Å². The summed E-state index contributed by atoms with van der Waals surface area (Å²) in [4.78, 5) is 4.37. The van der Waals surface area contributed by atoms with Gasteiger partial charge in [0.2, 0.25) is 0 Å². The number of aryl methyl sites for hydroxylation is 1. The van der Waals surface area contributed by atoms with E-state index in [1.54, 1.807) is 19.3 Å². The van der Waals surface area contributed by atoms with E-state index in [1.807, 2.05) is 31.2 Å². The molecule has 0 amide bonds. The average Bonchev–Trinajstić information content (AvgIpc) is 2.39. The van der Waals surface area contributed by atoms with Gasteiger partial charge in [-0.2, -0.15) is 0 Å². The van der Waals surface area contributed by atoms with Gasteiger partial charge in [-0.15, -0.1) is 0 Å². The van der Waals surface area contributed by atoms with Gasteiger partial charge in [0.25, 0.3) is 0 Å². The molecule has 0 heterocycles. The van der Waals surface area contributed by atoms with Crippen LogP contribution in [0.3, 0.4) is 0 Å². The van der Waals surface area contributed by atoms with Crippen molar-refractivity contribution in [1.29, 1.82) is 0 Å². The number of nitrogens with zero attached hydrogens (tertiary/aromatic N) is 1. The van der Waals surface area contributed by atoms with Gasteiger partial charge < -0.3 is 5.32 Å². The molecule has 0 atom stereocenters. The zero-order valence-electron chi connectivity index (χ0n) is 10.4. The molecule has 18 heavy (non-hydrogen) atoms. The molecule has 0 aliphatic rings. The molecule has 0 radical (unpaired) electrons. The fourth-order valence-electron chi connectivity index (χ4n) is 1.63. The molecule has 2 nitrogen and oxygen atoms in total. The zero-order valence-corrected chi connectivity index (χ0v) is 10.4. The van der Waals surface area contributed by atoms with Gasteiger partial charge in [-0.05, 0) is 37.3 Å². The van der Waals surface area contributed by atoms with Crippen LogP contribution in [-0.2, 0) is 0 Å². The number of hydrogen-bond donors (Lipinski definition) is 1. The lowest BCUT2D eigenvalue weighted by molar-refractivity contribution is 0.628. The first kappa shape index (κ1) is 12.3. The van der Waals surface area contributed by atoms with Gasteiger partial charge >= 0.3 is 0 Å². The summed E-state index contributed by atoms with van der Waals surface area (Å²) >= 11 is 0. The van der Waals surface area contributed by atoms with Crippen molar-refractivity contribution < 1.29 is 4.39 Å². The second kappa shape index (κ2) is 5.45. The lowest BCUT2D eigenvalue weighted by Gasteiger charge is -2.04. The van der Waals surface area contributed by atoms with E-state index in [4.69, 9.17) is 0 Å². The summed E-state index contributed by atoms with van der Waals surface area (Å²) in [6.45, 7) is 2.03. The first-order valence-corrected chi connectivity index (χ1v) is 5.77. The number of benzene rings is 2. The molecule has 2 rings (SSSR count). The first-order chi connectivity index (χ1) is 8.69. The fourth-order valence-corrected chi connectivity index (χ4v) is 1.63. The van der Waals surface area contributed by atoms with E-state index < -0.39 is 0 Å². The number of halogens is 1. The maximum Gasteiger partial charge on any atom is 0.125 e. The van der Waals surface area contributed by atoms with E-state index in [2.05, 4.69) is 10.3 Å². The van der Waals surface area contributed by atoms with Crippen LogP contribution >= 0.6 is 0 Å². The number of aliphatic imine (C=N–C) groups is 1. The summed E-state index contributed by atoms with van der Waals surface area (Å²) in [5.74, 6) is -0.258. The minimum absolute atomic E-state index is 0.258. The van der Waals surface area contributed by atoms with E-state index in [9.17, 15) is 4.39 Å². The van der Waals surface area contributed by atoms with E-state index in [1.165, 1.54) is 17.7 Å². The molecule has 92 valence electrons. The van der Waals surface area contributed by atoms with Gasteiger partial charge in [-0.3, -0.25) is 4.99 Å². The van der Waals surface area contributed by atoms with Crippen molar-refractivity contribution in [3.05, 3.63) is 59.4 Å². The molecule has 1 N–H and O–H groups in total. The van der Waals surface area contributed by atoms with E-state index >= 15 is 0 Å². The Balaban J connectivity index is 2.25. The van der Waals surface area contributed by atoms with Gasteiger partial charge in [-0.1, -0.05) is 17.7 Å². The molecule has 0 unspecified atom stereocenters. The molecule has 0 saturated heterocycles. The van der Waals surface area contributed by atoms with Crippen LogP contribution in [0.2, 0.25) is 0 Å². The van der Waals surface area contributed by atoms with Gasteiger partial charge in [0.1, 0.15) is 5.82 Å². The molecule has 0 bridgehead atoms. The van der Waals surface area contributed by atoms with Crippen molar-refractivity contribution in [1.82, 2.24) is 0 Å². The predicted octanol–water partition coefficient (Wildman–Crippen LogP) is 3.93. The van der Waals surface area contributed by atoms with E-state index in [0.29, 0.717) is 0 Å². The van der Waals surface area contributed by atoms with Crippen LogP contribution in [0.1, 0.15) is 11.1 Å². The SMILES string of the molecule is CNc1cc(F)ccc1C=Nc1ccc(C)cc1. The van der Waals surface area contributed by atoms with Gasteiger partial charge in [-0.25, -0.2) is 4.39 Å². The molecular weight excluding hydrogens is 227 g/mol. The Hall–Kier alpha value is -2.16.